The molecule has 0 saturated carbocycles. The molecule has 2 rings (SSSR count). The maximum absolute atomic E-state index is 4.93. The molecule has 0 radical (unpaired) electrons. The number of nitrogens with one attached hydrogen (secondary N) is 3. The monoisotopic (exact) mass is 155 g/mol. The summed E-state index contributed by atoms with van der Waals surface area (Å²) in [6.07, 6.45) is 2.30. The van der Waals surface area contributed by atoms with Crippen LogP contribution in [-0.2, 0) is 6.42 Å². The molecule has 0 fully saturated rings. The minimum Gasteiger partial charge on any atom is -0.370 e. The minimum absolute atomic E-state index is 0.722. The number of H-pyrrole nitrogens is 2. The first kappa shape index (κ1) is 5.97. The van der Waals surface area contributed by atoms with Crippen molar-refractivity contribution in [3.8, 4) is 0 Å². The van der Waals surface area contributed by atoms with E-state index in [2.05, 4.69) is 15.3 Å². The third-order valence-corrected chi connectivity index (χ3v) is 1.91. The highest BCUT2D eigenvalue weighted by Crippen LogP contribution is 2.16. The van der Waals surface area contributed by atoms with E-state index in [-0.39, 0.29) is 0 Å². The fourth-order valence-corrected chi connectivity index (χ4v) is 1.46. The molecule has 3 N–H and O–H groups in total. The van der Waals surface area contributed by atoms with Crippen molar-refractivity contribution in [1.29, 1.82) is 0 Å². The Kier molecular flexibility index (Phi) is 1.27. The van der Waals surface area contributed by atoms with Gasteiger partial charge in [-0.2, -0.15) is 0 Å². The van der Waals surface area contributed by atoms with Crippen LogP contribution in [0.25, 0.3) is 0 Å². The Labute approximate surface area is 63.9 Å². The molecule has 0 bridgehead atoms. The molecular formula is C6H9N3S. The van der Waals surface area contributed by atoms with Gasteiger partial charge < -0.3 is 15.3 Å². The van der Waals surface area contributed by atoms with Gasteiger partial charge in [-0.1, -0.05) is 0 Å². The van der Waals surface area contributed by atoms with Crippen molar-refractivity contribution in [3.05, 3.63) is 10.5 Å². The van der Waals surface area contributed by atoms with Crippen LogP contribution in [0.1, 0.15) is 12.1 Å². The molecule has 1 aliphatic heterocycles. The van der Waals surface area contributed by atoms with Gasteiger partial charge in [0.1, 0.15) is 5.82 Å². The molecule has 0 unspecified atom stereocenters. The van der Waals surface area contributed by atoms with Crippen molar-refractivity contribution >= 4 is 18.0 Å². The summed E-state index contributed by atoms with van der Waals surface area (Å²) in [7, 11) is 0. The van der Waals surface area contributed by atoms with Gasteiger partial charge in [-0.25, -0.2) is 0 Å². The summed E-state index contributed by atoms with van der Waals surface area (Å²) >= 11 is 4.93. The Hall–Kier alpha value is -0.770. The molecule has 0 spiro atoms. The lowest BCUT2D eigenvalue weighted by Crippen LogP contribution is -2.10. The summed E-state index contributed by atoms with van der Waals surface area (Å²) in [5.74, 6) is 1.08. The number of imidazole rings is 1. The molecule has 0 aliphatic carbocycles. The molecule has 0 atom stereocenters. The summed E-state index contributed by atoms with van der Waals surface area (Å²) in [6.45, 7) is 1.05. The standard InChI is InChI=1S/C6H9N3S/c10-6-8-4-2-1-3-7-5(4)9-6/h7H,1-3H2,(H2,8,9,10). The normalized spacial score (nSPS) is 16.0. The van der Waals surface area contributed by atoms with Crippen molar-refractivity contribution in [2.75, 3.05) is 11.9 Å². The number of fused-ring (bicyclic) bond motifs is 1. The Balaban J connectivity index is 2.50. The van der Waals surface area contributed by atoms with Crippen LogP contribution in [0.15, 0.2) is 0 Å². The zero-order valence-corrected chi connectivity index (χ0v) is 6.35. The summed E-state index contributed by atoms with van der Waals surface area (Å²) in [4.78, 5) is 6.14. The average Bonchev–Trinajstić information content (AvgIpc) is 2.27. The van der Waals surface area contributed by atoms with Gasteiger partial charge in [-0.15, -0.1) is 0 Å². The van der Waals surface area contributed by atoms with Crippen LogP contribution in [-0.4, -0.2) is 16.5 Å². The lowest BCUT2D eigenvalue weighted by Gasteiger charge is -2.11. The molecule has 4 heteroatoms. The van der Waals surface area contributed by atoms with Gasteiger partial charge >= 0.3 is 0 Å². The van der Waals surface area contributed by atoms with Crippen molar-refractivity contribution in [3.63, 3.8) is 0 Å². The molecule has 3 nitrogen and oxygen atoms in total. The van der Waals surface area contributed by atoms with E-state index < -0.39 is 0 Å². The van der Waals surface area contributed by atoms with Gasteiger partial charge in [0.15, 0.2) is 4.77 Å². The maximum Gasteiger partial charge on any atom is 0.176 e. The Morgan fingerprint density at radius 3 is 3.00 bits per heavy atom. The van der Waals surface area contributed by atoms with Crippen molar-refractivity contribution in [2.24, 2.45) is 0 Å². The van der Waals surface area contributed by atoms with Gasteiger partial charge in [0.05, 0.1) is 5.69 Å². The number of aryl methyl sites for hydroxylation is 1. The molecule has 0 saturated heterocycles. The van der Waals surface area contributed by atoms with Crippen LogP contribution < -0.4 is 5.32 Å². The van der Waals surface area contributed by atoms with E-state index in [1.54, 1.807) is 0 Å². The molecule has 1 aliphatic rings. The molecule has 2 heterocycles. The highest BCUT2D eigenvalue weighted by atomic mass is 32.1. The molecule has 0 aromatic carbocycles. The second-order valence-corrected chi connectivity index (χ2v) is 2.87. The van der Waals surface area contributed by atoms with Crippen molar-refractivity contribution < 1.29 is 0 Å². The summed E-state index contributed by atoms with van der Waals surface area (Å²) in [5.41, 5.74) is 1.22. The molecule has 10 heavy (non-hydrogen) atoms. The van der Waals surface area contributed by atoms with Gasteiger partial charge in [0.25, 0.3) is 0 Å². The minimum atomic E-state index is 0.722. The number of hydrogen-bond acceptors (Lipinski definition) is 2. The third kappa shape index (κ3) is 0.844. The molecular weight excluding hydrogens is 146 g/mol. The summed E-state index contributed by atoms with van der Waals surface area (Å²) in [6, 6.07) is 0. The molecule has 1 aromatic heterocycles. The van der Waals surface area contributed by atoms with Crippen LogP contribution >= 0.6 is 12.2 Å². The first-order valence-corrected chi connectivity index (χ1v) is 3.82. The maximum atomic E-state index is 4.93. The van der Waals surface area contributed by atoms with E-state index in [0.29, 0.717) is 0 Å². The number of anilines is 1. The van der Waals surface area contributed by atoms with E-state index >= 15 is 0 Å². The number of rotatable bonds is 0. The van der Waals surface area contributed by atoms with Gasteiger partial charge in [-0.05, 0) is 25.1 Å². The predicted octanol–water partition coefficient (Wildman–Crippen LogP) is 1.43. The van der Waals surface area contributed by atoms with Crippen molar-refractivity contribution in [1.82, 2.24) is 9.97 Å². The van der Waals surface area contributed by atoms with E-state index in [1.807, 2.05) is 0 Å². The Bertz CT molecular complexity index is 259. The number of hydrogen-bond donors (Lipinski definition) is 3. The molecule has 54 valence electrons. The smallest absolute Gasteiger partial charge is 0.176 e. The zero-order valence-electron chi connectivity index (χ0n) is 5.53. The topological polar surface area (TPSA) is 43.6 Å². The summed E-state index contributed by atoms with van der Waals surface area (Å²) in [5, 5.41) is 3.23. The third-order valence-electron chi connectivity index (χ3n) is 1.71. The lowest BCUT2D eigenvalue weighted by molar-refractivity contribution is 0.808. The van der Waals surface area contributed by atoms with Crippen LogP contribution in [0.4, 0.5) is 5.82 Å². The predicted molar refractivity (Wildman–Crippen MR) is 42.8 cm³/mol. The molecule has 0 amide bonds. The highest BCUT2D eigenvalue weighted by Gasteiger charge is 2.08. The summed E-state index contributed by atoms with van der Waals surface area (Å²) < 4.78 is 0.722. The number of aromatic amines is 2. The van der Waals surface area contributed by atoms with E-state index in [0.717, 1.165) is 23.6 Å². The Morgan fingerprint density at radius 2 is 2.20 bits per heavy atom. The van der Waals surface area contributed by atoms with Gasteiger partial charge in [0, 0.05) is 6.54 Å². The van der Waals surface area contributed by atoms with Crippen molar-refractivity contribution in [2.45, 2.75) is 12.8 Å². The molecule has 1 aromatic rings. The van der Waals surface area contributed by atoms with E-state index in [1.165, 1.54) is 12.1 Å². The zero-order chi connectivity index (χ0) is 6.97. The first-order valence-electron chi connectivity index (χ1n) is 3.41. The second-order valence-electron chi connectivity index (χ2n) is 2.46. The number of aromatic nitrogens is 2. The SMILES string of the molecule is S=c1[nH]c2c([nH]1)NCCC2. The largest absolute Gasteiger partial charge is 0.370 e. The average molecular weight is 155 g/mol. The van der Waals surface area contributed by atoms with E-state index in [9.17, 15) is 0 Å². The van der Waals surface area contributed by atoms with Gasteiger partial charge in [-0.3, -0.25) is 0 Å². The van der Waals surface area contributed by atoms with E-state index in [4.69, 9.17) is 12.2 Å². The Morgan fingerprint density at radius 1 is 1.30 bits per heavy atom. The van der Waals surface area contributed by atoms with Crippen LogP contribution in [0.5, 0.6) is 0 Å². The first-order chi connectivity index (χ1) is 4.86. The fraction of sp³-hybridized carbons (Fsp3) is 0.500. The second kappa shape index (κ2) is 2.12. The highest BCUT2D eigenvalue weighted by molar-refractivity contribution is 7.71. The van der Waals surface area contributed by atoms with Crippen LogP contribution in [0.2, 0.25) is 0 Å². The van der Waals surface area contributed by atoms with Crippen LogP contribution in [0.3, 0.4) is 0 Å². The fourth-order valence-electron chi connectivity index (χ4n) is 1.24. The van der Waals surface area contributed by atoms with Crippen LogP contribution in [0, 0.1) is 4.77 Å². The lowest BCUT2D eigenvalue weighted by atomic mass is 10.2. The van der Waals surface area contributed by atoms with Gasteiger partial charge in [0.2, 0.25) is 0 Å². The quantitative estimate of drug-likeness (QED) is 0.496.